The molecule has 0 aliphatic heterocycles. The van der Waals surface area contributed by atoms with Crippen molar-refractivity contribution in [2.75, 3.05) is 13.2 Å². The largest absolute Gasteiger partial charge is 0.490 e. The van der Waals surface area contributed by atoms with Crippen molar-refractivity contribution in [1.82, 2.24) is 15.1 Å². The highest BCUT2D eigenvalue weighted by Gasteiger charge is 2.23. The molecular weight excluding hydrogens is 426 g/mol. The second-order valence-electron chi connectivity index (χ2n) is 7.75. The quantitative estimate of drug-likeness (QED) is 0.358. The van der Waals surface area contributed by atoms with Crippen LogP contribution in [-0.4, -0.2) is 28.9 Å². The molecule has 0 radical (unpaired) electrons. The van der Waals surface area contributed by atoms with Crippen LogP contribution in [-0.2, 0) is 6.54 Å². The van der Waals surface area contributed by atoms with Gasteiger partial charge in [-0.2, -0.15) is 5.10 Å². The zero-order chi connectivity index (χ0) is 23.9. The van der Waals surface area contributed by atoms with E-state index in [-0.39, 0.29) is 5.91 Å². The van der Waals surface area contributed by atoms with Crippen molar-refractivity contribution in [2.24, 2.45) is 0 Å². The molecule has 4 aromatic rings. The van der Waals surface area contributed by atoms with Crippen LogP contribution >= 0.6 is 0 Å². The topological polar surface area (TPSA) is 65.4 Å². The summed E-state index contributed by atoms with van der Waals surface area (Å²) >= 11 is 0. The van der Waals surface area contributed by atoms with E-state index in [0.29, 0.717) is 42.5 Å². The van der Waals surface area contributed by atoms with Crippen molar-refractivity contribution < 1.29 is 14.3 Å². The molecular formula is C28H29N3O3. The Labute approximate surface area is 200 Å². The highest BCUT2D eigenvalue weighted by Crippen LogP contribution is 2.29. The Morgan fingerprint density at radius 1 is 0.882 bits per heavy atom. The lowest BCUT2D eigenvalue weighted by molar-refractivity contribution is 0.0951. The number of aromatic nitrogens is 2. The Kier molecular flexibility index (Phi) is 7.28. The van der Waals surface area contributed by atoms with Gasteiger partial charge < -0.3 is 14.8 Å². The molecule has 1 N–H and O–H groups in total. The zero-order valence-corrected chi connectivity index (χ0v) is 19.7. The van der Waals surface area contributed by atoms with Gasteiger partial charge in [0, 0.05) is 12.1 Å². The standard InChI is InChI=1S/C28H29N3O3/c1-4-33-24-17-16-21(18-25(24)34-5-2)19-29-28(32)26-20(3)31(23-14-10-7-11-15-23)30-27(26)22-12-8-6-9-13-22/h6-18H,4-5,19H2,1-3H3,(H,29,32). The highest BCUT2D eigenvalue weighted by atomic mass is 16.5. The fourth-order valence-corrected chi connectivity index (χ4v) is 3.87. The van der Waals surface area contributed by atoms with E-state index in [2.05, 4.69) is 5.32 Å². The summed E-state index contributed by atoms with van der Waals surface area (Å²) in [6, 6.07) is 25.3. The molecule has 0 atom stereocenters. The Morgan fingerprint density at radius 2 is 1.53 bits per heavy atom. The van der Waals surface area contributed by atoms with Gasteiger partial charge in [-0.05, 0) is 50.6 Å². The minimum absolute atomic E-state index is 0.176. The minimum atomic E-state index is -0.176. The average Bonchev–Trinajstić information content (AvgIpc) is 3.22. The lowest BCUT2D eigenvalue weighted by Gasteiger charge is -2.13. The second kappa shape index (κ2) is 10.7. The molecule has 0 aliphatic rings. The Hall–Kier alpha value is -4.06. The summed E-state index contributed by atoms with van der Waals surface area (Å²) in [7, 11) is 0. The van der Waals surface area contributed by atoms with Crippen molar-refractivity contribution in [3.8, 4) is 28.4 Å². The molecule has 3 aromatic carbocycles. The fraction of sp³-hybridized carbons (Fsp3) is 0.214. The van der Waals surface area contributed by atoms with Crippen molar-refractivity contribution in [3.05, 3.63) is 95.7 Å². The number of benzene rings is 3. The lowest BCUT2D eigenvalue weighted by Crippen LogP contribution is -2.24. The number of carbonyl (C=O) groups is 1. The Balaban J connectivity index is 1.64. The summed E-state index contributed by atoms with van der Waals surface area (Å²) in [4.78, 5) is 13.4. The van der Waals surface area contributed by atoms with Crippen molar-refractivity contribution >= 4 is 5.91 Å². The van der Waals surface area contributed by atoms with Crippen molar-refractivity contribution in [2.45, 2.75) is 27.3 Å². The van der Waals surface area contributed by atoms with E-state index in [1.807, 2.05) is 104 Å². The summed E-state index contributed by atoms with van der Waals surface area (Å²) in [6.45, 7) is 7.24. The van der Waals surface area contributed by atoms with Crippen LogP contribution in [0.15, 0.2) is 78.9 Å². The predicted molar refractivity (Wildman–Crippen MR) is 134 cm³/mol. The maximum absolute atomic E-state index is 13.4. The molecule has 34 heavy (non-hydrogen) atoms. The number of ether oxygens (including phenoxy) is 2. The molecule has 0 bridgehead atoms. The predicted octanol–water partition coefficient (Wildman–Crippen LogP) is 5.58. The van der Waals surface area contributed by atoms with Gasteiger partial charge in [-0.3, -0.25) is 4.79 Å². The van der Waals surface area contributed by atoms with E-state index in [4.69, 9.17) is 14.6 Å². The number of amides is 1. The van der Waals surface area contributed by atoms with Gasteiger partial charge in [-0.15, -0.1) is 0 Å². The van der Waals surface area contributed by atoms with E-state index >= 15 is 0 Å². The summed E-state index contributed by atoms with van der Waals surface area (Å²) in [5, 5.41) is 7.88. The van der Waals surface area contributed by atoms with Crippen LogP contribution in [0.1, 0.15) is 35.5 Å². The molecule has 0 aliphatic carbocycles. The minimum Gasteiger partial charge on any atom is -0.490 e. The molecule has 6 heteroatoms. The summed E-state index contributed by atoms with van der Waals surface area (Å²) in [5.74, 6) is 1.20. The number of nitrogens with zero attached hydrogens (tertiary/aromatic N) is 2. The first-order valence-electron chi connectivity index (χ1n) is 11.5. The molecule has 0 spiro atoms. The number of hydrogen-bond acceptors (Lipinski definition) is 4. The smallest absolute Gasteiger partial charge is 0.255 e. The van der Waals surface area contributed by atoms with Crippen LogP contribution in [0.2, 0.25) is 0 Å². The number of hydrogen-bond donors (Lipinski definition) is 1. The average molecular weight is 456 g/mol. The monoisotopic (exact) mass is 455 g/mol. The van der Waals surface area contributed by atoms with Gasteiger partial charge in [0.1, 0.15) is 5.69 Å². The van der Waals surface area contributed by atoms with Crippen LogP contribution in [0.3, 0.4) is 0 Å². The second-order valence-corrected chi connectivity index (χ2v) is 7.75. The van der Waals surface area contributed by atoms with Crippen LogP contribution in [0.5, 0.6) is 11.5 Å². The van der Waals surface area contributed by atoms with E-state index in [0.717, 1.165) is 22.5 Å². The van der Waals surface area contributed by atoms with Gasteiger partial charge in [0.2, 0.25) is 0 Å². The Morgan fingerprint density at radius 3 is 2.21 bits per heavy atom. The SMILES string of the molecule is CCOc1ccc(CNC(=O)c2c(-c3ccccc3)nn(-c3ccccc3)c2C)cc1OCC. The van der Waals surface area contributed by atoms with Crippen LogP contribution in [0, 0.1) is 6.92 Å². The molecule has 0 unspecified atom stereocenters. The van der Waals surface area contributed by atoms with E-state index < -0.39 is 0 Å². The van der Waals surface area contributed by atoms with Gasteiger partial charge in [-0.25, -0.2) is 4.68 Å². The van der Waals surface area contributed by atoms with Gasteiger partial charge in [0.25, 0.3) is 5.91 Å². The lowest BCUT2D eigenvalue weighted by atomic mass is 10.1. The van der Waals surface area contributed by atoms with Gasteiger partial charge in [0.15, 0.2) is 11.5 Å². The van der Waals surface area contributed by atoms with E-state index in [1.165, 1.54) is 0 Å². The first-order valence-corrected chi connectivity index (χ1v) is 11.5. The molecule has 6 nitrogen and oxygen atoms in total. The molecule has 1 amide bonds. The summed E-state index contributed by atoms with van der Waals surface area (Å²) < 4.78 is 13.2. The first kappa shape index (κ1) is 23.1. The third-order valence-electron chi connectivity index (χ3n) is 5.45. The number of rotatable bonds is 9. The van der Waals surface area contributed by atoms with Crippen LogP contribution in [0.4, 0.5) is 0 Å². The summed E-state index contributed by atoms with van der Waals surface area (Å²) in [6.07, 6.45) is 0. The van der Waals surface area contributed by atoms with Crippen LogP contribution < -0.4 is 14.8 Å². The maximum atomic E-state index is 13.4. The maximum Gasteiger partial charge on any atom is 0.255 e. The van der Waals surface area contributed by atoms with Gasteiger partial charge in [-0.1, -0.05) is 54.6 Å². The molecule has 1 heterocycles. The molecule has 0 saturated heterocycles. The van der Waals surface area contributed by atoms with Crippen molar-refractivity contribution in [3.63, 3.8) is 0 Å². The number of carbonyl (C=O) groups excluding carboxylic acids is 1. The Bertz CT molecular complexity index is 1250. The normalized spacial score (nSPS) is 10.7. The fourth-order valence-electron chi connectivity index (χ4n) is 3.87. The van der Waals surface area contributed by atoms with E-state index in [1.54, 1.807) is 0 Å². The number of para-hydroxylation sites is 1. The molecule has 0 saturated carbocycles. The van der Waals surface area contributed by atoms with E-state index in [9.17, 15) is 4.79 Å². The summed E-state index contributed by atoms with van der Waals surface area (Å²) in [5.41, 5.74) is 4.72. The van der Waals surface area contributed by atoms with Gasteiger partial charge >= 0.3 is 0 Å². The molecule has 174 valence electrons. The third kappa shape index (κ3) is 4.96. The zero-order valence-electron chi connectivity index (χ0n) is 19.7. The first-order chi connectivity index (χ1) is 16.6. The molecule has 0 fully saturated rings. The third-order valence-corrected chi connectivity index (χ3v) is 5.45. The highest BCUT2D eigenvalue weighted by molar-refractivity contribution is 6.01. The van der Waals surface area contributed by atoms with Crippen molar-refractivity contribution in [1.29, 1.82) is 0 Å². The number of nitrogens with one attached hydrogen (secondary N) is 1. The van der Waals surface area contributed by atoms with Crippen LogP contribution in [0.25, 0.3) is 16.9 Å². The van der Waals surface area contributed by atoms with Gasteiger partial charge in [0.05, 0.1) is 30.2 Å². The molecule has 1 aromatic heterocycles. The molecule has 4 rings (SSSR count).